The number of thioether (sulfide) groups is 1. The molecule has 2 aromatic rings. The van der Waals surface area contributed by atoms with Crippen LogP contribution in [0.4, 0.5) is 4.39 Å². The lowest BCUT2D eigenvalue weighted by atomic mass is 10.3. The van der Waals surface area contributed by atoms with Crippen LogP contribution in [0.5, 0.6) is 0 Å². The fourth-order valence-electron chi connectivity index (χ4n) is 2.75. The summed E-state index contributed by atoms with van der Waals surface area (Å²) in [5.74, 6) is -1.19. The molecule has 0 N–H and O–H groups in total. The normalized spacial score (nSPS) is 15.0. The predicted octanol–water partition coefficient (Wildman–Crippen LogP) is 1.03. The van der Waals surface area contributed by atoms with Crippen molar-refractivity contribution in [2.24, 2.45) is 4.99 Å². The molecule has 29 heavy (non-hydrogen) atoms. The van der Waals surface area contributed by atoms with Crippen molar-refractivity contribution >= 4 is 51.1 Å². The summed E-state index contributed by atoms with van der Waals surface area (Å²) in [7, 11) is 1.27. The number of benzene rings is 1. The molecule has 0 aliphatic carbocycles. The van der Waals surface area contributed by atoms with E-state index in [0.717, 1.165) is 11.3 Å². The van der Waals surface area contributed by atoms with Crippen LogP contribution in [0.25, 0.3) is 10.2 Å². The summed E-state index contributed by atoms with van der Waals surface area (Å²) >= 11 is 2.30. The Bertz CT molecular complexity index is 982. The molecule has 8 nitrogen and oxygen atoms in total. The Hall–Kier alpha value is -2.24. The summed E-state index contributed by atoms with van der Waals surface area (Å²) in [5.41, 5.74) is 0.587. The number of nitrogens with zero attached hydrogens (tertiary/aromatic N) is 3. The molecule has 1 saturated heterocycles. The Labute approximate surface area is 174 Å². The third kappa shape index (κ3) is 5.64. The number of esters is 1. The Kier molecular flexibility index (Phi) is 7.40. The molecule has 0 spiro atoms. The molecule has 156 valence electrons. The number of hydrogen-bond donors (Lipinski definition) is 0. The van der Waals surface area contributed by atoms with E-state index >= 15 is 0 Å². The molecule has 1 aromatic carbocycles. The first-order valence-electron chi connectivity index (χ1n) is 8.84. The van der Waals surface area contributed by atoms with Gasteiger partial charge in [0.15, 0.2) is 4.80 Å². The Morgan fingerprint density at radius 1 is 1.28 bits per heavy atom. The lowest BCUT2D eigenvalue weighted by Crippen LogP contribution is -2.41. The minimum atomic E-state index is -0.506. The average molecular weight is 442 g/mol. The molecule has 1 aliphatic heterocycles. The van der Waals surface area contributed by atoms with Crippen molar-refractivity contribution in [2.75, 3.05) is 44.9 Å². The molecule has 11 heteroatoms. The quantitative estimate of drug-likeness (QED) is 0.622. The molecule has 1 fully saturated rings. The van der Waals surface area contributed by atoms with Crippen molar-refractivity contribution in [1.29, 1.82) is 0 Å². The largest absolute Gasteiger partial charge is 0.468 e. The number of fused-ring (bicyclic) bond motifs is 1. The number of halogens is 1. The van der Waals surface area contributed by atoms with Crippen molar-refractivity contribution in [1.82, 2.24) is 9.47 Å². The van der Waals surface area contributed by atoms with Gasteiger partial charge < -0.3 is 18.9 Å². The average Bonchev–Trinajstić information content (AvgIpc) is 3.04. The van der Waals surface area contributed by atoms with Gasteiger partial charge in [0.1, 0.15) is 12.4 Å². The number of hydrogen-bond acceptors (Lipinski definition) is 7. The number of methoxy groups -OCH3 is 1. The molecule has 3 rings (SSSR count). The Morgan fingerprint density at radius 2 is 2.03 bits per heavy atom. The zero-order valence-corrected chi connectivity index (χ0v) is 17.4. The van der Waals surface area contributed by atoms with E-state index in [0.29, 0.717) is 36.5 Å². The van der Waals surface area contributed by atoms with Gasteiger partial charge in [0, 0.05) is 13.1 Å². The Morgan fingerprint density at radius 3 is 2.76 bits per heavy atom. The standard InChI is InChI=1S/C18H20FN3O5S2/c1-26-17(25)9-22-13-3-2-12(19)8-14(13)29-18(22)20-15(23)10-28-11-16(24)21-4-6-27-7-5-21/h2-3,8H,4-7,9-11H2,1H3. The lowest BCUT2D eigenvalue weighted by Gasteiger charge is -2.26. The van der Waals surface area contributed by atoms with E-state index in [2.05, 4.69) is 4.99 Å². The fraction of sp³-hybridized carbons (Fsp3) is 0.444. The van der Waals surface area contributed by atoms with E-state index in [4.69, 9.17) is 9.47 Å². The van der Waals surface area contributed by atoms with Gasteiger partial charge in [0.2, 0.25) is 5.91 Å². The van der Waals surface area contributed by atoms with Crippen molar-refractivity contribution < 1.29 is 28.2 Å². The van der Waals surface area contributed by atoms with Gasteiger partial charge in [-0.15, -0.1) is 11.8 Å². The minimum Gasteiger partial charge on any atom is -0.468 e. The maximum Gasteiger partial charge on any atom is 0.325 e. The second-order valence-corrected chi connectivity index (χ2v) is 8.15. The van der Waals surface area contributed by atoms with E-state index in [-0.39, 0.29) is 28.8 Å². The molecular weight excluding hydrogens is 421 g/mol. The summed E-state index contributed by atoms with van der Waals surface area (Å²) in [6.07, 6.45) is 0. The number of aromatic nitrogens is 1. The van der Waals surface area contributed by atoms with Gasteiger partial charge in [0.25, 0.3) is 5.91 Å². The van der Waals surface area contributed by atoms with Crippen LogP contribution in [0, 0.1) is 5.82 Å². The van der Waals surface area contributed by atoms with Gasteiger partial charge >= 0.3 is 5.97 Å². The van der Waals surface area contributed by atoms with E-state index in [1.807, 2.05) is 0 Å². The topological polar surface area (TPSA) is 90.2 Å². The van der Waals surface area contributed by atoms with Crippen LogP contribution < -0.4 is 4.80 Å². The highest BCUT2D eigenvalue weighted by Crippen LogP contribution is 2.19. The fourth-order valence-corrected chi connectivity index (χ4v) is 4.52. The molecule has 0 atom stereocenters. The van der Waals surface area contributed by atoms with Crippen LogP contribution in [0.2, 0.25) is 0 Å². The predicted molar refractivity (Wildman–Crippen MR) is 107 cm³/mol. The number of carbonyl (C=O) groups excluding carboxylic acids is 3. The van der Waals surface area contributed by atoms with E-state index in [1.165, 1.54) is 41.6 Å². The SMILES string of the molecule is COC(=O)Cn1c(=NC(=O)CSCC(=O)N2CCOCC2)sc2cc(F)ccc21. The highest BCUT2D eigenvalue weighted by molar-refractivity contribution is 8.00. The van der Waals surface area contributed by atoms with Crippen LogP contribution in [0.1, 0.15) is 0 Å². The molecule has 1 aliphatic rings. The van der Waals surface area contributed by atoms with E-state index in [9.17, 15) is 18.8 Å². The van der Waals surface area contributed by atoms with Crippen molar-refractivity contribution in [3.63, 3.8) is 0 Å². The summed E-state index contributed by atoms with van der Waals surface area (Å²) in [4.78, 5) is 42.2. The highest BCUT2D eigenvalue weighted by atomic mass is 32.2. The van der Waals surface area contributed by atoms with Crippen molar-refractivity contribution in [2.45, 2.75) is 6.54 Å². The first-order chi connectivity index (χ1) is 14.0. The number of amides is 2. The zero-order chi connectivity index (χ0) is 20.8. The third-order valence-corrected chi connectivity index (χ3v) is 6.14. The van der Waals surface area contributed by atoms with Crippen molar-refractivity contribution in [3.8, 4) is 0 Å². The van der Waals surface area contributed by atoms with Gasteiger partial charge in [0.05, 0.1) is 42.0 Å². The monoisotopic (exact) mass is 441 g/mol. The molecule has 1 aromatic heterocycles. The molecule has 2 heterocycles. The van der Waals surface area contributed by atoms with Gasteiger partial charge in [-0.2, -0.15) is 4.99 Å². The molecule has 0 unspecified atom stereocenters. The van der Waals surface area contributed by atoms with Crippen LogP contribution >= 0.6 is 23.1 Å². The minimum absolute atomic E-state index is 0.0247. The third-order valence-electron chi connectivity index (χ3n) is 4.19. The molecule has 2 amide bonds. The number of rotatable bonds is 6. The molecule has 0 bridgehead atoms. The van der Waals surface area contributed by atoms with Crippen LogP contribution in [-0.4, -0.2) is 72.2 Å². The van der Waals surface area contributed by atoms with E-state index < -0.39 is 17.7 Å². The number of carbonyl (C=O) groups is 3. The van der Waals surface area contributed by atoms with Crippen LogP contribution in [0.15, 0.2) is 23.2 Å². The van der Waals surface area contributed by atoms with Crippen LogP contribution in [-0.2, 0) is 30.4 Å². The van der Waals surface area contributed by atoms with Gasteiger partial charge in [-0.25, -0.2) is 4.39 Å². The number of morpholine rings is 1. The van der Waals surface area contributed by atoms with Crippen LogP contribution in [0.3, 0.4) is 0 Å². The maximum atomic E-state index is 13.5. The molecular formula is C18H20FN3O5S2. The smallest absolute Gasteiger partial charge is 0.325 e. The first kappa shape index (κ1) is 21.5. The highest BCUT2D eigenvalue weighted by Gasteiger charge is 2.17. The first-order valence-corrected chi connectivity index (χ1v) is 10.8. The summed E-state index contributed by atoms with van der Waals surface area (Å²) < 4.78 is 25.5. The second kappa shape index (κ2) is 9.99. The number of thiazole rings is 1. The Balaban J connectivity index is 1.70. The maximum absolute atomic E-state index is 13.5. The van der Waals surface area contributed by atoms with Crippen molar-refractivity contribution in [3.05, 3.63) is 28.8 Å². The lowest BCUT2D eigenvalue weighted by molar-refractivity contribution is -0.141. The second-order valence-electron chi connectivity index (χ2n) is 6.15. The summed E-state index contributed by atoms with van der Waals surface area (Å²) in [5, 5.41) is 0. The van der Waals surface area contributed by atoms with Gasteiger partial charge in [-0.1, -0.05) is 11.3 Å². The summed E-state index contributed by atoms with van der Waals surface area (Å²) in [6, 6.07) is 4.14. The van der Waals surface area contributed by atoms with E-state index in [1.54, 1.807) is 4.90 Å². The van der Waals surface area contributed by atoms with Gasteiger partial charge in [-0.05, 0) is 18.2 Å². The van der Waals surface area contributed by atoms with Gasteiger partial charge in [-0.3, -0.25) is 14.4 Å². The summed E-state index contributed by atoms with van der Waals surface area (Å²) in [6.45, 7) is 2.03. The zero-order valence-electron chi connectivity index (χ0n) is 15.8. The molecule has 0 radical (unpaired) electrons. The molecule has 0 saturated carbocycles. The number of ether oxygens (including phenoxy) is 2.